The molecule has 0 bridgehead atoms. The van der Waals surface area contributed by atoms with E-state index in [1.54, 1.807) is 0 Å². The molecule has 100 valence electrons. The summed E-state index contributed by atoms with van der Waals surface area (Å²) in [5, 5.41) is 19.3. The first kappa shape index (κ1) is 14.4. The second kappa shape index (κ2) is 6.35. The Labute approximate surface area is 110 Å². The monoisotopic (exact) mass is 263 g/mol. The molecule has 0 saturated heterocycles. The number of nitro benzene ring substituents is 1. The molecule has 0 atom stereocenters. The minimum Gasteiger partial charge on any atom is -0.490 e. The third-order valence-electron chi connectivity index (χ3n) is 2.53. The summed E-state index contributed by atoms with van der Waals surface area (Å²) in [7, 11) is 2.86. The van der Waals surface area contributed by atoms with Crippen LogP contribution in [0.5, 0.6) is 5.75 Å². The van der Waals surface area contributed by atoms with Gasteiger partial charge in [-0.25, -0.2) is 0 Å². The first-order chi connectivity index (χ1) is 9.01. The maximum absolute atomic E-state index is 12.0. The van der Waals surface area contributed by atoms with E-state index < -0.39 is 4.92 Å². The number of carbonyl (C=O) groups excluding carboxylic acids is 1. The lowest BCUT2D eigenvalue weighted by Crippen LogP contribution is -2.27. The molecule has 19 heavy (non-hydrogen) atoms. The van der Waals surface area contributed by atoms with Crippen LogP contribution in [0.1, 0.15) is 16.8 Å². The molecule has 0 aromatic heterocycles. The van der Waals surface area contributed by atoms with Gasteiger partial charge in [0.25, 0.3) is 5.91 Å². The van der Waals surface area contributed by atoms with Crippen LogP contribution in [0.2, 0.25) is 0 Å². The second-order valence-electron chi connectivity index (χ2n) is 3.78. The first-order valence-electron chi connectivity index (χ1n) is 5.46. The van der Waals surface area contributed by atoms with Crippen LogP contribution in [-0.4, -0.2) is 36.4 Å². The molecule has 7 nitrogen and oxygen atoms in total. The lowest BCUT2D eigenvalue weighted by atomic mass is 10.1. The molecule has 0 saturated carbocycles. The number of hydrogen-bond donors (Lipinski definition) is 0. The van der Waals surface area contributed by atoms with Crippen LogP contribution in [0.15, 0.2) is 18.2 Å². The average Bonchev–Trinajstić information content (AvgIpc) is 2.42. The van der Waals surface area contributed by atoms with E-state index in [1.165, 1.54) is 37.3 Å². The number of ether oxygens (including phenoxy) is 1. The quantitative estimate of drug-likeness (QED) is 0.593. The van der Waals surface area contributed by atoms with E-state index in [1.807, 2.05) is 6.07 Å². The van der Waals surface area contributed by atoms with Crippen molar-refractivity contribution in [1.82, 2.24) is 4.90 Å². The number of methoxy groups -OCH3 is 1. The first-order valence-corrected chi connectivity index (χ1v) is 5.46. The predicted octanol–water partition coefficient (Wildman–Crippen LogP) is 1.59. The highest BCUT2D eigenvalue weighted by atomic mass is 16.6. The van der Waals surface area contributed by atoms with Gasteiger partial charge >= 0.3 is 5.69 Å². The molecule has 0 N–H and O–H groups in total. The second-order valence-corrected chi connectivity index (χ2v) is 3.78. The summed E-state index contributed by atoms with van der Waals surface area (Å²) in [5.41, 5.74) is -0.0741. The Morgan fingerprint density at radius 3 is 2.79 bits per heavy atom. The number of nitrogens with zero attached hydrogens (tertiary/aromatic N) is 3. The summed E-state index contributed by atoms with van der Waals surface area (Å²) in [4.78, 5) is 23.6. The molecule has 7 heteroatoms. The van der Waals surface area contributed by atoms with Gasteiger partial charge in [0.1, 0.15) is 0 Å². The fraction of sp³-hybridized carbons (Fsp3) is 0.333. The molecule has 0 aliphatic carbocycles. The van der Waals surface area contributed by atoms with E-state index in [-0.39, 0.29) is 35.9 Å². The number of nitriles is 1. The van der Waals surface area contributed by atoms with Gasteiger partial charge in [0.2, 0.25) is 0 Å². The molecule has 1 aromatic carbocycles. The summed E-state index contributed by atoms with van der Waals surface area (Å²) >= 11 is 0. The van der Waals surface area contributed by atoms with E-state index >= 15 is 0 Å². The standard InChI is InChI=1S/C12H13N3O4/c1-14(7-3-6-13)12(16)9-4-5-11(19-2)10(8-9)15(17)18/h4-5,8H,3,7H2,1-2H3. The highest BCUT2D eigenvalue weighted by Crippen LogP contribution is 2.27. The van der Waals surface area contributed by atoms with Gasteiger partial charge in [0.05, 0.1) is 24.5 Å². The molecule has 0 spiro atoms. The van der Waals surface area contributed by atoms with E-state index in [0.29, 0.717) is 0 Å². The lowest BCUT2D eigenvalue weighted by Gasteiger charge is -2.15. The fourth-order valence-corrected chi connectivity index (χ4v) is 1.51. The number of nitro groups is 1. The summed E-state index contributed by atoms with van der Waals surface area (Å²) in [6, 6.07) is 5.94. The van der Waals surface area contributed by atoms with Gasteiger partial charge in [0, 0.05) is 25.2 Å². The molecule has 1 amide bonds. The number of benzene rings is 1. The minimum absolute atomic E-state index is 0.0984. The Morgan fingerprint density at radius 1 is 1.58 bits per heavy atom. The zero-order valence-electron chi connectivity index (χ0n) is 10.6. The van der Waals surface area contributed by atoms with Gasteiger partial charge < -0.3 is 9.64 Å². The highest BCUT2D eigenvalue weighted by molar-refractivity contribution is 5.95. The van der Waals surface area contributed by atoms with Crippen LogP contribution in [0.25, 0.3) is 0 Å². The predicted molar refractivity (Wildman–Crippen MR) is 66.8 cm³/mol. The van der Waals surface area contributed by atoms with Crippen molar-refractivity contribution in [3.05, 3.63) is 33.9 Å². The van der Waals surface area contributed by atoms with Gasteiger partial charge in [0.15, 0.2) is 5.75 Å². The maximum Gasteiger partial charge on any atom is 0.311 e. The zero-order chi connectivity index (χ0) is 14.4. The number of amides is 1. The van der Waals surface area contributed by atoms with E-state index in [0.717, 1.165) is 0 Å². The van der Waals surface area contributed by atoms with Gasteiger partial charge in [-0.3, -0.25) is 14.9 Å². The molecule has 0 heterocycles. The van der Waals surface area contributed by atoms with Crippen molar-refractivity contribution in [1.29, 1.82) is 5.26 Å². The molecule has 0 aliphatic rings. The topological polar surface area (TPSA) is 96.5 Å². The van der Waals surface area contributed by atoms with Crippen LogP contribution >= 0.6 is 0 Å². The minimum atomic E-state index is -0.606. The Morgan fingerprint density at radius 2 is 2.26 bits per heavy atom. The Balaban J connectivity index is 3.02. The smallest absolute Gasteiger partial charge is 0.311 e. The van der Waals surface area contributed by atoms with Gasteiger partial charge in [-0.15, -0.1) is 0 Å². The van der Waals surface area contributed by atoms with Crippen molar-refractivity contribution in [2.75, 3.05) is 20.7 Å². The van der Waals surface area contributed by atoms with E-state index in [2.05, 4.69) is 0 Å². The van der Waals surface area contributed by atoms with Crippen molar-refractivity contribution in [3.63, 3.8) is 0 Å². The average molecular weight is 263 g/mol. The normalized spacial score (nSPS) is 9.53. The maximum atomic E-state index is 12.0. The van der Waals surface area contributed by atoms with Crippen LogP contribution in [-0.2, 0) is 0 Å². The highest BCUT2D eigenvalue weighted by Gasteiger charge is 2.19. The van der Waals surface area contributed by atoms with Gasteiger partial charge in [-0.1, -0.05) is 0 Å². The summed E-state index contributed by atoms with van der Waals surface area (Å²) < 4.78 is 4.86. The van der Waals surface area contributed by atoms with Crippen LogP contribution in [0.3, 0.4) is 0 Å². The zero-order valence-corrected chi connectivity index (χ0v) is 10.6. The van der Waals surface area contributed by atoms with Crippen molar-refractivity contribution >= 4 is 11.6 Å². The summed E-state index contributed by atoms with van der Waals surface area (Å²) in [6.45, 7) is 0.273. The molecule has 0 radical (unpaired) electrons. The van der Waals surface area contributed by atoms with Gasteiger partial charge in [-0.2, -0.15) is 5.26 Å². The fourth-order valence-electron chi connectivity index (χ4n) is 1.51. The van der Waals surface area contributed by atoms with Crippen molar-refractivity contribution in [2.45, 2.75) is 6.42 Å². The SMILES string of the molecule is COc1ccc(C(=O)N(C)CCC#N)cc1[N+](=O)[O-]. The van der Waals surface area contributed by atoms with Gasteiger partial charge in [-0.05, 0) is 12.1 Å². The molecular formula is C12H13N3O4. The lowest BCUT2D eigenvalue weighted by molar-refractivity contribution is -0.385. The Bertz CT molecular complexity index is 536. The van der Waals surface area contributed by atoms with Crippen LogP contribution in [0.4, 0.5) is 5.69 Å². The third-order valence-corrected chi connectivity index (χ3v) is 2.53. The molecule has 0 aliphatic heterocycles. The Kier molecular flexibility index (Phi) is 4.83. The number of carbonyl (C=O) groups is 1. The molecule has 1 rings (SSSR count). The summed E-state index contributed by atoms with van der Waals surface area (Å²) in [6.07, 6.45) is 0.209. The molecule has 1 aromatic rings. The molecule has 0 fully saturated rings. The number of hydrogen-bond acceptors (Lipinski definition) is 5. The van der Waals surface area contributed by atoms with Crippen LogP contribution in [0, 0.1) is 21.4 Å². The van der Waals surface area contributed by atoms with Crippen molar-refractivity contribution < 1.29 is 14.5 Å². The third kappa shape index (κ3) is 3.42. The van der Waals surface area contributed by atoms with E-state index in [4.69, 9.17) is 10.00 Å². The van der Waals surface area contributed by atoms with Crippen LogP contribution < -0.4 is 4.74 Å². The van der Waals surface area contributed by atoms with Crippen molar-refractivity contribution in [3.8, 4) is 11.8 Å². The Hall–Kier alpha value is -2.62. The number of rotatable bonds is 5. The molecular weight excluding hydrogens is 250 g/mol. The summed E-state index contributed by atoms with van der Waals surface area (Å²) in [5.74, 6) is -0.276. The molecule has 0 unspecified atom stereocenters. The largest absolute Gasteiger partial charge is 0.490 e. The van der Waals surface area contributed by atoms with E-state index in [9.17, 15) is 14.9 Å². The van der Waals surface area contributed by atoms with Crippen molar-refractivity contribution in [2.24, 2.45) is 0 Å².